The zero-order valence-corrected chi connectivity index (χ0v) is 25.8. The van der Waals surface area contributed by atoms with Gasteiger partial charge in [0.15, 0.2) is 0 Å². The van der Waals surface area contributed by atoms with Crippen LogP contribution < -0.4 is 9.62 Å². The molecule has 4 aromatic rings. The number of carbonyl (C=O) groups excluding carboxylic acids is 2. The summed E-state index contributed by atoms with van der Waals surface area (Å²) in [4.78, 5) is 28.8. The molecule has 0 aliphatic carbocycles. The van der Waals surface area contributed by atoms with E-state index in [0.29, 0.717) is 21.0 Å². The molecule has 0 saturated heterocycles. The number of amides is 2. The maximum atomic E-state index is 14.3. The van der Waals surface area contributed by atoms with Gasteiger partial charge in [0.05, 0.1) is 16.1 Å². The van der Waals surface area contributed by atoms with Crippen LogP contribution in [-0.2, 0) is 38.8 Å². The lowest BCUT2D eigenvalue weighted by atomic mass is 10.0. The van der Waals surface area contributed by atoms with E-state index in [4.69, 9.17) is 11.6 Å². The van der Waals surface area contributed by atoms with Crippen molar-refractivity contribution in [3.63, 3.8) is 0 Å². The van der Waals surface area contributed by atoms with Crippen molar-refractivity contribution in [3.05, 3.63) is 131 Å². The molecule has 0 fully saturated rings. The second-order valence-electron chi connectivity index (χ2n) is 10.1. The zero-order valence-electron chi connectivity index (χ0n) is 24.2. The van der Waals surface area contributed by atoms with Crippen LogP contribution in [0.25, 0.3) is 0 Å². The third-order valence-electron chi connectivity index (χ3n) is 6.99. The molecule has 1 N–H and O–H groups in total. The summed E-state index contributed by atoms with van der Waals surface area (Å²) in [7, 11) is -4.55. The quantitative estimate of drug-likeness (QED) is 0.193. The molecular weight excluding hydrogens is 627 g/mol. The molecule has 0 aliphatic heterocycles. The number of likely N-dealkylation sites (N-methyl/N-ethyl adjacent to an activating group) is 1. The summed E-state index contributed by atoms with van der Waals surface area (Å²) in [5, 5.41) is 3.06. The maximum Gasteiger partial charge on any atom is 0.416 e. The first-order valence-electron chi connectivity index (χ1n) is 14.0. The number of alkyl halides is 3. The smallest absolute Gasteiger partial charge is 0.355 e. The standard InChI is InChI=1S/C33H31ClF3N3O4S/c1-2-38-32(42)30(20-24-12-5-3-6-13-24)39(22-25-14-9-10-19-29(25)34)31(41)23-40(45(43,44)28-17-7-4-8-18-28)27-16-11-15-26(21-27)33(35,36)37/h3-19,21,30H,2,20,22-23H2,1H3,(H,38,42). The highest BCUT2D eigenvalue weighted by Crippen LogP contribution is 2.33. The fourth-order valence-corrected chi connectivity index (χ4v) is 6.36. The number of rotatable bonds is 12. The Kier molecular flexibility index (Phi) is 10.9. The van der Waals surface area contributed by atoms with E-state index in [9.17, 15) is 31.2 Å². The average molecular weight is 658 g/mol. The second-order valence-corrected chi connectivity index (χ2v) is 12.4. The van der Waals surface area contributed by atoms with Gasteiger partial charge in [0, 0.05) is 24.5 Å². The van der Waals surface area contributed by atoms with E-state index in [1.54, 1.807) is 67.6 Å². The van der Waals surface area contributed by atoms with Crippen LogP contribution in [0.2, 0.25) is 5.02 Å². The Hall–Kier alpha value is -4.35. The minimum Gasteiger partial charge on any atom is -0.355 e. The molecule has 0 bridgehead atoms. The molecule has 45 heavy (non-hydrogen) atoms. The van der Waals surface area contributed by atoms with Crippen molar-refractivity contribution in [2.24, 2.45) is 0 Å². The molecule has 7 nitrogen and oxygen atoms in total. The SMILES string of the molecule is CCNC(=O)C(Cc1ccccc1)N(Cc1ccccc1Cl)C(=O)CN(c1cccc(C(F)(F)F)c1)S(=O)(=O)c1ccccc1. The lowest BCUT2D eigenvalue weighted by Gasteiger charge is -2.34. The Morgan fingerprint density at radius 1 is 0.867 bits per heavy atom. The summed E-state index contributed by atoms with van der Waals surface area (Å²) in [5.41, 5.74) is -0.223. The van der Waals surface area contributed by atoms with Gasteiger partial charge in [0.2, 0.25) is 11.8 Å². The van der Waals surface area contributed by atoms with Crippen LogP contribution in [0.4, 0.5) is 18.9 Å². The lowest BCUT2D eigenvalue weighted by molar-refractivity contribution is -0.140. The van der Waals surface area contributed by atoms with E-state index >= 15 is 0 Å². The van der Waals surface area contributed by atoms with E-state index < -0.39 is 46.2 Å². The molecule has 12 heteroatoms. The Balaban J connectivity index is 1.84. The van der Waals surface area contributed by atoms with Crippen LogP contribution in [0.5, 0.6) is 0 Å². The van der Waals surface area contributed by atoms with Crippen LogP contribution in [-0.4, -0.2) is 44.3 Å². The van der Waals surface area contributed by atoms with E-state index in [2.05, 4.69) is 5.32 Å². The first kappa shape index (κ1) is 33.5. The van der Waals surface area contributed by atoms with Gasteiger partial charge < -0.3 is 10.2 Å². The van der Waals surface area contributed by atoms with Gasteiger partial charge in [-0.25, -0.2) is 8.42 Å². The van der Waals surface area contributed by atoms with Gasteiger partial charge in [-0.15, -0.1) is 0 Å². The maximum absolute atomic E-state index is 14.3. The monoisotopic (exact) mass is 657 g/mol. The normalized spacial score (nSPS) is 12.3. The molecule has 0 heterocycles. The molecule has 0 saturated carbocycles. The van der Waals surface area contributed by atoms with Gasteiger partial charge in [-0.05, 0) is 54.4 Å². The van der Waals surface area contributed by atoms with Crippen molar-refractivity contribution in [2.45, 2.75) is 37.0 Å². The van der Waals surface area contributed by atoms with Gasteiger partial charge in [-0.1, -0.05) is 84.4 Å². The summed E-state index contributed by atoms with van der Waals surface area (Å²) >= 11 is 6.44. The molecular formula is C33H31ClF3N3O4S. The molecule has 4 aromatic carbocycles. The average Bonchev–Trinajstić information content (AvgIpc) is 3.03. The number of sulfonamides is 1. The number of anilines is 1. The first-order valence-corrected chi connectivity index (χ1v) is 15.8. The van der Waals surface area contributed by atoms with Gasteiger partial charge in [-0.2, -0.15) is 13.2 Å². The van der Waals surface area contributed by atoms with Gasteiger partial charge in [0.1, 0.15) is 12.6 Å². The molecule has 1 unspecified atom stereocenters. The summed E-state index contributed by atoms with van der Waals surface area (Å²) in [5.74, 6) is -1.31. The highest BCUT2D eigenvalue weighted by Gasteiger charge is 2.36. The molecule has 1 atom stereocenters. The summed E-state index contributed by atoms with van der Waals surface area (Å²) < 4.78 is 69.6. The number of hydrogen-bond donors (Lipinski definition) is 1. The van der Waals surface area contributed by atoms with E-state index in [0.717, 1.165) is 17.7 Å². The minimum atomic E-state index is -4.77. The number of nitrogens with zero attached hydrogens (tertiary/aromatic N) is 2. The number of carbonyl (C=O) groups is 2. The predicted molar refractivity (Wildman–Crippen MR) is 167 cm³/mol. The van der Waals surface area contributed by atoms with Crippen molar-refractivity contribution in [3.8, 4) is 0 Å². The minimum absolute atomic E-state index is 0.0812. The lowest BCUT2D eigenvalue weighted by Crippen LogP contribution is -2.53. The van der Waals surface area contributed by atoms with Crippen molar-refractivity contribution in [1.29, 1.82) is 0 Å². The van der Waals surface area contributed by atoms with Gasteiger partial charge in [-0.3, -0.25) is 13.9 Å². The molecule has 0 aliphatic rings. The van der Waals surface area contributed by atoms with Crippen molar-refractivity contribution in [2.75, 3.05) is 17.4 Å². The number of nitrogens with one attached hydrogen (secondary N) is 1. The number of halogens is 4. The molecule has 4 rings (SSSR count). The van der Waals surface area contributed by atoms with Crippen LogP contribution in [0.1, 0.15) is 23.6 Å². The van der Waals surface area contributed by atoms with E-state index in [-0.39, 0.29) is 30.1 Å². The summed E-state index contributed by atoms with van der Waals surface area (Å²) in [6.45, 7) is 0.916. The van der Waals surface area contributed by atoms with E-state index in [1.165, 1.54) is 35.2 Å². The van der Waals surface area contributed by atoms with Gasteiger partial charge >= 0.3 is 6.18 Å². The van der Waals surface area contributed by atoms with Crippen LogP contribution >= 0.6 is 11.6 Å². The summed E-state index contributed by atoms with van der Waals surface area (Å²) in [6, 6.07) is 25.4. The van der Waals surface area contributed by atoms with Crippen molar-refractivity contribution in [1.82, 2.24) is 10.2 Å². The third kappa shape index (κ3) is 8.43. The van der Waals surface area contributed by atoms with Crippen LogP contribution in [0, 0.1) is 0 Å². The highest BCUT2D eigenvalue weighted by molar-refractivity contribution is 7.92. The number of benzene rings is 4. The molecule has 0 aromatic heterocycles. The molecule has 2 amide bonds. The molecule has 0 radical (unpaired) electrons. The van der Waals surface area contributed by atoms with Crippen LogP contribution in [0.15, 0.2) is 114 Å². The Morgan fingerprint density at radius 2 is 1.49 bits per heavy atom. The Labute approximate surface area is 265 Å². The van der Waals surface area contributed by atoms with Gasteiger partial charge in [0.25, 0.3) is 10.0 Å². The zero-order chi connectivity index (χ0) is 32.6. The third-order valence-corrected chi connectivity index (χ3v) is 9.15. The largest absolute Gasteiger partial charge is 0.416 e. The second kappa shape index (κ2) is 14.6. The fourth-order valence-electron chi connectivity index (χ4n) is 4.74. The number of hydrogen-bond acceptors (Lipinski definition) is 4. The molecule has 236 valence electrons. The topological polar surface area (TPSA) is 86.8 Å². The first-order chi connectivity index (χ1) is 21.4. The van der Waals surface area contributed by atoms with E-state index in [1.807, 2.05) is 0 Å². The molecule has 0 spiro atoms. The predicted octanol–water partition coefficient (Wildman–Crippen LogP) is 6.33. The Bertz CT molecular complexity index is 1720. The van der Waals surface area contributed by atoms with Crippen molar-refractivity contribution < 1.29 is 31.2 Å². The van der Waals surface area contributed by atoms with Crippen LogP contribution in [0.3, 0.4) is 0 Å². The van der Waals surface area contributed by atoms with Crippen molar-refractivity contribution >= 4 is 39.1 Å². The highest BCUT2D eigenvalue weighted by atomic mass is 35.5. The Morgan fingerprint density at radius 3 is 2.11 bits per heavy atom. The fraction of sp³-hybridized carbons (Fsp3) is 0.212. The summed E-state index contributed by atoms with van der Waals surface area (Å²) in [6.07, 6.45) is -4.69.